The zero-order valence-corrected chi connectivity index (χ0v) is 19.2. The molecule has 3 rings (SSSR count). The standard InChI is InChI=1S/C24H25FN2O4S/c1-16-5-12-22(31-4)23(13-16)32(29,30)27(21-11-6-17(2)18(3)14-21)15-24(28)26-20-9-7-19(25)8-10-20/h5-14H,15H2,1-4H3,(H,26,28). The third-order valence-corrected chi connectivity index (χ3v) is 6.88. The summed E-state index contributed by atoms with van der Waals surface area (Å²) in [5, 5.41) is 2.62. The van der Waals surface area contributed by atoms with Crippen molar-refractivity contribution in [3.05, 3.63) is 83.2 Å². The number of methoxy groups -OCH3 is 1. The minimum absolute atomic E-state index is 0.0344. The number of carbonyl (C=O) groups is 1. The first-order chi connectivity index (χ1) is 15.1. The van der Waals surface area contributed by atoms with Crippen LogP contribution in [0.3, 0.4) is 0 Å². The molecule has 0 heterocycles. The van der Waals surface area contributed by atoms with E-state index in [1.54, 1.807) is 37.3 Å². The van der Waals surface area contributed by atoms with Crippen LogP contribution in [0.2, 0.25) is 0 Å². The lowest BCUT2D eigenvalue weighted by Gasteiger charge is -2.25. The number of rotatable bonds is 7. The molecule has 0 saturated carbocycles. The lowest BCUT2D eigenvalue weighted by molar-refractivity contribution is -0.114. The molecule has 8 heteroatoms. The Bertz CT molecular complexity index is 1240. The molecule has 1 N–H and O–H groups in total. The monoisotopic (exact) mass is 456 g/mol. The molecule has 0 aromatic heterocycles. The van der Waals surface area contributed by atoms with Crippen molar-refractivity contribution in [3.8, 4) is 5.75 Å². The maximum Gasteiger partial charge on any atom is 0.268 e. The molecule has 0 spiro atoms. The summed E-state index contributed by atoms with van der Waals surface area (Å²) in [5.74, 6) is -0.817. The van der Waals surface area contributed by atoms with E-state index in [9.17, 15) is 17.6 Å². The highest BCUT2D eigenvalue weighted by molar-refractivity contribution is 7.93. The number of carbonyl (C=O) groups excluding carboxylic acids is 1. The van der Waals surface area contributed by atoms with Gasteiger partial charge in [-0.1, -0.05) is 12.1 Å². The first-order valence-corrected chi connectivity index (χ1v) is 11.4. The molecule has 3 aromatic rings. The highest BCUT2D eigenvalue weighted by Crippen LogP contribution is 2.31. The molecule has 0 atom stereocenters. The summed E-state index contributed by atoms with van der Waals surface area (Å²) in [6.07, 6.45) is 0. The number of nitrogens with one attached hydrogen (secondary N) is 1. The van der Waals surface area contributed by atoms with Crippen LogP contribution in [0.25, 0.3) is 0 Å². The van der Waals surface area contributed by atoms with E-state index < -0.39 is 28.3 Å². The lowest BCUT2D eigenvalue weighted by atomic mass is 10.1. The number of ether oxygens (including phenoxy) is 1. The second-order valence-electron chi connectivity index (χ2n) is 7.49. The first kappa shape index (κ1) is 23.3. The van der Waals surface area contributed by atoms with Crippen molar-refractivity contribution < 1.29 is 22.3 Å². The molecule has 0 unspecified atom stereocenters. The van der Waals surface area contributed by atoms with Gasteiger partial charge in [0.2, 0.25) is 5.91 Å². The van der Waals surface area contributed by atoms with E-state index in [4.69, 9.17) is 4.74 Å². The number of anilines is 2. The Labute approximate surface area is 187 Å². The molecule has 0 aliphatic heterocycles. The van der Waals surface area contributed by atoms with Crippen molar-refractivity contribution in [2.24, 2.45) is 0 Å². The van der Waals surface area contributed by atoms with Gasteiger partial charge in [0.15, 0.2) is 0 Å². The Morgan fingerprint density at radius 3 is 2.28 bits per heavy atom. The zero-order valence-electron chi connectivity index (χ0n) is 18.3. The van der Waals surface area contributed by atoms with E-state index in [1.807, 2.05) is 13.8 Å². The molecule has 0 saturated heterocycles. The quantitative estimate of drug-likeness (QED) is 0.564. The first-order valence-electron chi connectivity index (χ1n) is 9.92. The number of nitrogens with zero attached hydrogens (tertiary/aromatic N) is 1. The van der Waals surface area contributed by atoms with Crippen LogP contribution in [0.5, 0.6) is 5.75 Å². The Morgan fingerprint density at radius 1 is 0.969 bits per heavy atom. The Balaban J connectivity index is 2.04. The van der Waals surface area contributed by atoms with Crippen LogP contribution in [-0.4, -0.2) is 28.0 Å². The van der Waals surface area contributed by atoms with Gasteiger partial charge in [0.1, 0.15) is 23.0 Å². The fraction of sp³-hybridized carbons (Fsp3) is 0.208. The summed E-state index contributed by atoms with van der Waals surface area (Å²) in [4.78, 5) is 12.8. The third-order valence-electron chi connectivity index (χ3n) is 5.08. The maximum absolute atomic E-state index is 13.7. The average molecular weight is 457 g/mol. The second-order valence-corrected chi connectivity index (χ2v) is 9.32. The normalized spacial score (nSPS) is 11.2. The molecule has 3 aromatic carbocycles. The highest BCUT2D eigenvalue weighted by Gasteiger charge is 2.30. The van der Waals surface area contributed by atoms with Crippen molar-refractivity contribution in [2.75, 3.05) is 23.3 Å². The van der Waals surface area contributed by atoms with E-state index in [1.165, 1.54) is 37.4 Å². The highest BCUT2D eigenvalue weighted by atomic mass is 32.2. The van der Waals surface area contributed by atoms with Gasteiger partial charge in [0.05, 0.1) is 12.8 Å². The van der Waals surface area contributed by atoms with Crippen molar-refractivity contribution in [2.45, 2.75) is 25.7 Å². The summed E-state index contributed by atoms with van der Waals surface area (Å²) in [6.45, 7) is 5.09. The van der Waals surface area contributed by atoms with Crippen LogP contribution >= 0.6 is 0 Å². The van der Waals surface area contributed by atoms with Crippen LogP contribution in [0.1, 0.15) is 16.7 Å². The smallest absolute Gasteiger partial charge is 0.268 e. The Morgan fingerprint density at radius 2 is 1.66 bits per heavy atom. The summed E-state index contributed by atoms with van der Waals surface area (Å²) in [5.41, 5.74) is 3.33. The van der Waals surface area contributed by atoms with Gasteiger partial charge in [0, 0.05) is 5.69 Å². The van der Waals surface area contributed by atoms with Gasteiger partial charge in [0.25, 0.3) is 10.0 Å². The molecule has 0 bridgehead atoms. The lowest BCUT2D eigenvalue weighted by Crippen LogP contribution is -2.38. The van der Waals surface area contributed by atoms with Gasteiger partial charge in [-0.15, -0.1) is 0 Å². The number of hydrogen-bond acceptors (Lipinski definition) is 4. The maximum atomic E-state index is 13.7. The number of benzene rings is 3. The topological polar surface area (TPSA) is 75.7 Å². The van der Waals surface area contributed by atoms with E-state index in [-0.39, 0.29) is 10.6 Å². The number of aryl methyl sites for hydroxylation is 3. The summed E-state index contributed by atoms with van der Waals surface area (Å²) < 4.78 is 46.9. The van der Waals surface area contributed by atoms with Crippen LogP contribution in [-0.2, 0) is 14.8 Å². The molecule has 0 radical (unpaired) electrons. The van der Waals surface area contributed by atoms with E-state index in [0.29, 0.717) is 11.4 Å². The fourth-order valence-corrected chi connectivity index (χ4v) is 4.82. The molecular weight excluding hydrogens is 431 g/mol. The molecule has 168 valence electrons. The molecule has 0 aliphatic carbocycles. The van der Waals surface area contributed by atoms with Crippen LogP contribution in [0.4, 0.5) is 15.8 Å². The molecule has 0 fully saturated rings. The summed E-state index contributed by atoms with van der Waals surface area (Å²) >= 11 is 0. The minimum Gasteiger partial charge on any atom is -0.495 e. The molecule has 6 nitrogen and oxygen atoms in total. The zero-order chi connectivity index (χ0) is 23.5. The predicted octanol–water partition coefficient (Wildman–Crippen LogP) is 4.59. The molecular formula is C24H25FN2O4S. The third kappa shape index (κ3) is 5.08. The Kier molecular flexibility index (Phi) is 6.84. The SMILES string of the molecule is COc1ccc(C)cc1S(=O)(=O)N(CC(=O)Nc1ccc(F)cc1)c1ccc(C)c(C)c1. The van der Waals surface area contributed by atoms with Crippen LogP contribution in [0.15, 0.2) is 65.6 Å². The van der Waals surface area contributed by atoms with Crippen molar-refractivity contribution in [1.29, 1.82) is 0 Å². The minimum atomic E-state index is -4.16. The molecule has 32 heavy (non-hydrogen) atoms. The van der Waals surface area contributed by atoms with Crippen molar-refractivity contribution in [3.63, 3.8) is 0 Å². The molecule has 0 aliphatic rings. The summed E-state index contributed by atoms with van der Waals surface area (Å²) in [6, 6.07) is 15.3. The van der Waals surface area contributed by atoms with E-state index >= 15 is 0 Å². The van der Waals surface area contributed by atoms with Crippen LogP contribution < -0.4 is 14.4 Å². The van der Waals surface area contributed by atoms with Crippen molar-refractivity contribution >= 4 is 27.3 Å². The van der Waals surface area contributed by atoms with Gasteiger partial charge in [-0.05, 0) is 86.0 Å². The number of halogens is 1. The van der Waals surface area contributed by atoms with Gasteiger partial charge in [-0.25, -0.2) is 12.8 Å². The number of hydrogen-bond donors (Lipinski definition) is 1. The van der Waals surface area contributed by atoms with E-state index in [0.717, 1.165) is 21.0 Å². The second kappa shape index (κ2) is 9.40. The van der Waals surface area contributed by atoms with E-state index in [2.05, 4.69) is 5.32 Å². The number of amides is 1. The fourth-order valence-electron chi connectivity index (χ4n) is 3.16. The number of sulfonamides is 1. The van der Waals surface area contributed by atoms with Gasteiger partial charge >= 0.3 is 0 Å². The largest absolute Gasteiger partial charge is 0.495 e. The van der Waals surface area contributed by atoms with Crippen LogP contribution in [0, 0.1) is 26.6 Å². The van der Waals surface area contributed by atoms with Gasteiger partial charge in [-0.2, -0.15) is 0 Å². The average Bonchev–Trinajstić information content (AvgIpc) is 2.75. The van der Waals surface area contributed by atoms with Crippen molar-refractivity contribution in [1.82, 2.24) is 0 Å². The summed E-state index contributed by atoms with van der Waals surface area (Å²) in [7, 11) is -2.76. The van der Waals surface area contributed by atoms with Gasteiger partial charge < -0.3 is 10.1 Å². The predicted molar refractivity (Wildman–Crippen MR) is 123 cm³/mol. The van der Waals surface area contributed by atoms with Gasteiger partial charge in [-0.3, -0.25) is 9.10 Å². The molecule has 1 amide bonds. The Hall–Kier alpha value is -3.39.